The van der Waals surface area contributed by atoms with Gasteiger partial charge in [-0.2, -0.15) is 0 Å². The van der Waals surface area contributed by atoms with E-state index in [0.29, 0.717) is 0 Å². The highest BCUT2D eigenvalue weighted by atomic mass is 15.2. The largest absolute Gasteiger partial charge is 0.314 e. The number of fused-ring (bicyclic) bond motifs is 1. The lowest BCUT2D eigenvalue weighted by atomic mass is 9.80. The van der Waals surface area contributed by atoms with Crippen LogP contribution in [0.15, 0.2) is 0 Å². The Bertz CT molecular complexity index is 266. The van der Waals surface area contributed by atoms with E-state index in [1.807, 2.05) is 0 Å². The van der Waals surface area contributed by atoms with Crippen molar-refractivity contribution >= 4 is 0 Å². The third kappa shape index (κ3) is 2.91. The molecule has 0 amide bonds. The van der Waals surface area contributed by atoms with Gasteiger partial charge < -0.3 is 10.2 Å². The maximum Gasteiger partial charge on any atom is 0.0111 e. The van der Waals surface area contributed by atoms with Crippen LogP contribution in [0, 0.1) is 11.8 Å². The minimum Gasteiger partial charge on any atom is -0.314 e. The minimum atomic E-state index is 0.818. The molecule has 3 fully saturated rings. The van der Waals surface area contributed by atoms with Crippen molar-refractivity contribution in [3.63, 3.8) is 0 Å². The normalized spacial score (nSPS) is 41.8. The molecule has 104 valence electrons. The molecule has 18 heavy (non-hydrogen) atoms. The Morgan fingerprint density at radius 2 is 1.89 bits per heavy atom. The quantitative estimate of drug-likeness (QED) is 0.828. The van der Waals surface area contributed by atoms with E-state index in [0.717, 1.165) is 23.9 Å². The van der Waals surface area contributed by atoms with Crippen LogP contribution in [0.5, 0.6) is 0 Å². The molecular formula is C16H30N2. The van der Waals surface area contributed by atoms with Gasteiger partial charge >= 0.3 is 0 Å². The van der Waals surface area contributed by atoms with Crippen LogP contribution < -0.4 is 5.32 Å². The van der Waals surface area contributed by atoms with E-state index in [9.17, 15) is 0 Å². The summed E-state index contributed by atoms with van der Waals surface area (Å²) in [6.45, 7) is 6.48. The number of rotatable bonds is 3. The third-order valence-corrected chi connectivity index (χ3v) is 5.78. The van der Waals surface area contributed by atoms with E-state index < -0.39 is 0 Å². The maximum absolute atomic E-state index is 3.91. The van der Waals surface area contributed by atoms with Gasteiger partial charge in [-0.05, 0) is 63.6 Å². The summed E-state index contributed by atoms with van der Waals surface area (Å²) in [5.41, 5.74) is 0. The second-order valence-electron chi connectivity index (χ2n) is 6.98. The Morgan fingerprint density at radius 1 is 1.00 bits per heavy atom. The Labute approximate surface area is 113 Å². The van der Waals surface area contributed by atoms with E-state index in [-0.39, 0.29) is 0 Å². The second kappa shape index (κ2) is 5.92. The van der Waals surface area contributed by atoms with E-state index >= 15 is 0 Å². The summed E-state index contributed by atoms with van der Waals surface area (Å²) in [5.74, 6) is 1.91. The number of nitrogens with one attached hydrogen (secondary N) is 1. The smallest absolute Gasteiger partial charge is 0.0111 e. The number of hydrogen-bond donors (Lipinski definition) is 1. The van der Waals surface area contributed by atoms with Crippen LogP contribution in [0.3, 0.4) is 0 Å². The van der Waals surface area contributed by atoms with Crippen molar-refractivity contribution < 1.29 is 0 Å². The van der Waals surface area contributed by atoms with E-state index in [2.05, 4.69) is 17.1 Å². The zero-order valence-electron chi connectivity index (χ0n) is 12.0. The molecule has 1 aliphatic carbocycles. The van der Waals surface area contributed by atoms with Crippen LogP contribution in [0.1, 0.15) is 58.3 Å². The molecule has 0 bridgehead atoms. The van der Waals surface area contributed by atoms with Crippen molar-refractivity contribution in [1.29, 1.82) is 0 Å². The molecule has 0 aromatic heterocycles. The van der Waals surface area contributed by atoms with Crippen molar-refractivity contribution in [2.24, 2.45) is 11.8 Å². The zero-order chi connectivity index (χ0) is 12.4. The van der Waals surface area contributed by atoms with Crippen molar-refractivity contribution in [3.05, 3.63) is 0 Å². The minimum absolute atomic E-state index is 0.818. The van der Waals surface area contributed by atoms with Gasteiger partial charge in [0.1, 0.15) is 0 Å². The lowest BCUT2D eigenvalue weighted by molar-refractivity contribution is 0.156. The average Bonchev–Trinajstić information content (AvgIpc) is 2.85. The summed E-state index contributed by atoms with van der Waals surface area (Å²) in [4.78, 5) is 2.72. The van der Waals surface area contributed by atoms with Gasteiger partial charge in [0.25, 0.3) is 0 Å². The number of hydrogen-bond acceptors (Lipinski definition) is 2. The summed E-state index contributed by atoms with van der Waals surface area (Å²) in [5, 5.41) is 3.91. The molecule has 1 saturated carbocycles. The highest BCUT2D eigenvalue weighted by Gasteiger charge is 2.32. The van der Waals surface area contributed by atoms with Crippen LogP contribution >= 0.6 is 0 Å². The molecule has 2 nitrogen and oxygen atoms in total. The highest BCUT2D eigenvalue weighted by Crippen LogP contribution is 2.30. The molecule has 2 heteroatoms. The van der Waals surface area contributed by atoms with Crippen molar-refractivity contribution in [2.45, 2.75) is 70.4 Å². The number of nitrogens with zero attached hydrogens (tertiary/aromatic N) is 1. The Balaban J connectivity index is 1.43. The SMILES string of the molecule is CC1CCCCC1CNC1CCN2CCCC2C1. The first kappa shape index (κ1) is 12.9. The van der Waals surface area contributed by atoms with Gasteiger partial charge in [0.2, 0.25) is 0 Å². The van der Waals surface area contributed by atoms with E-state index in [4.69, 9.17) is 0 Å². The van der Waals surface area contributed by atoms with Gasteiger partial charge in [0, 0.05) is 12.1 Å². The molecule has 3 aliphatic rings. The summed E-state index contributed by atoms with van der Waals surface area (Å²) in [6.07, 6.45) is 11.6. The molecule has 2 aliphatic heterocycles. The lowest BCUT2D eigenvalue weighted by Gasteiger charge is -2.37. The third-order valence-electron chi connectivity index (χ3n) is 5.78. The molecule has 0 radical (unpaired) electrons. The first-order valence-corrected chi connectivity index (χ1v) is 8.30. The fourth-order valence-electron chi connectivity index (χ4n) is 4.42. The monoisotopic (exact) mass is 250 g/mol. The molecule has 2 heterocycles. The van der Waals surface area contributed by atoms with Gasteiger partial charge in [-0.15, -0.1) is 0 Å². The van der Waals surface area contributed by atoms with Gasteiger partial charge in [-0.25, -0.2) is 0 Å². The Hall–Kier alpha value is -0.0800. The fourth-order valence-corrected chi connectivity index (χ4v) is 4.42. The molecular weight excluding hydrogens is 220 g/mol. The molecule has 4 atom stereocenters. The molecule has 1 N–H and O–H groups in total. The zero-order valence-corrected chi connectivity index (χ0v) is 12.0. The topological polar surface area (TPSA) is 15.3 Å². The first-order chi connectivity index (χ1) is 8.83. The van der Waals surface area contributed by atoms with Crippen LogP contribution in [0.2, 0.25) is 0 Å². The first-order valence-electron chi connectivity index (χ1n) is 8.30. The van der Waals surface area contributed by atoms with Crippen molar-refractivity contribution in [1.82, 2.24) is 10.2 Å². The lowest BCUT2D eigenvalue weighted by Crippen LogP contribution is -2.47. The average molecular weight is 250 g/mol. The van der Waals surface area contributed by atoms with E-state index in [1.165, 1.54) is 71.0 Å². The van der Waals surface area contributed by atoms with Crippen LogP contribution in [0.25, 0.3) is 0 Å². The fraction of sp³-hybridized carbons (Fsp3) is 1.00. The van der Waals surface area contributed by atoms with E-state index in [1.54, 1.807) is 0 Å². The molecule has 0 aromatic rings. The van der Waals surface area contributed by atoms with Crippen LogP contribution in [-0.2, 0) is 0 Å². The summed E-state index contributed by atoms with van der Waals surface area (Å²) < 4.78 is 0. The van der Waals surface area contributed by atoms with Crippen molar-refractivity contribution in [3.8, 4) is 0 Å². The maximum atomic E-state index is 3.91. The molecule has 2 saturated heterocycles. The van der Waals surface area contributed by atoms with Crippen molar-refractivity contribution in [2.75, 3.05) is 19.6 Å². The predicted octanol–water partition coefficient (Wildman–Crippen LogP) is 3.03. The highest BCUT2D eigenvalue weighted by molar-refractivity contribution is 4.89. The Kier molecular flexibility index (Phi) is 4.25. The van der Waals surface area contributed by atoms with Crippen LogP contribution in [0.4, 0.5) is 0 Å². The van der Waals surface area contributed by atoms with Gasteiger partial charge in [0.05, 0.1) is 0 Å². The summed E-state index contributed by atoms with van der Waals surface area (Å²) in [7, 11) is 0. The summed E-state index contributed by atoms with van der Waals surface area (Å²) in [6, 6.07) is 1.73. The number of piperidine rings is 1. The summed E-state index contributed by atoms with van der Waals surface area (Å²) >= 11 is 0. The van der Waals surface area contributed by atoms with Crippen LogP contribution in [-0.4, -0.2) is 36.6 Å². The van der Waals surface area contributed by atoms with Gasteiger partial charge in [0.15, 0.2) is 0 Å². The van der Waals surface area contributed by atoms with Gasteiger partial charge in [-0.3, -0.25) is 0 Å². The molecule has 0 aromatic carbocycles. The predicted molar refractivity (Wildman–Crippen MR) is 76.7 cm³/mol. The van der Waals surface area contributed by atoms with Gasteiger partial charge in [-0.1, -0.05) is 26.2 Å². The molecule has 4 unspecified atom stereocenters. The Morgan fingerprint density at radius 3 is 2.78 bits per heavy atom. The molecule has 0 spiro atoms. The second-order valence-corrected chi connectivity index (χ2v) is 6.98. The molecule has 3 rings (SSSR count). The standard InChI is InChI=1S/C16H30N2/c1-13-5-2-3-6-14(13)12-17-15-8-10-18-9-4-7-16(18)11-15/h13-17H,2-12H2,1H3.